The van der Waals surface area contributed by atoms with Gasteiger partial charge in [-0.15, -0.1) is 0 Å². The predicted molar refractivity (Wildman–Crippen MR) is 75.8 cm³/mol. The van der Waals surface area contributed by atoms with E-state index in [1.54, 1.807) is 0 Å². The van der Waals surface area contributed by atoms with Crippen LogP contribution in [-0.4, -0.2) is 23.6 Å². The third-order valence-electron chi connectivity index (χ3n) is 4.32. The Morgan fingerprint density at radius 2 is 2.00 bits per heavy atom. The summed E-state index contributed by atoms with van der Waals surface area (Å²) in [4.78, 5) is 0. The van der Waals surface area contributed by atoms with Crippen LogP contribution in [-0.2, 0) is 0 Å². The monoisotopic (exact) mass is 255 g/mol. The number of amidine groups is 1. The minimum Gasteiger partial charge on any atom is -0.409 e. The average Bonchev–Trinajstić information content (AvgIpc) is 2.53. The second kappa shape index (κ2) is 6.98. The number of oxime groups is 1. The molecule has 0 aromatic carbocycles. The molecule has 4 heteroatoms. The van der Waals surface area contributed by atoms with Gasteiger partial charge in [0.15, 0.2) is 0 Å². The molecule has 0 aromatic heterocycles. The van der Waals surface area contributed by atoms with Crippen LogP contribution in [0.3, 0.4) is 0 Å². The van der Waals surface area contributed by atoms with Crippen molar-refractivity contribution in [3.05, 3.63) is 0 Å². The topological polar surface area (TPSA) is 70.6 Å². The fourth-order valence-electron chi connectivity index (χ4n) is 2.63. The van der Waals surface area contributed by atoms with Crippen LogP contribution in [0.25, 0.3) is 0 Å². The Hall–Kier alpha value is -0.770. The van der Waals surface area contributed by atoms with E-state index in [9.17, 15) is 0 Å². The van der Waals surface area contributed by atoms with Gasteiger partial charge in [0.1, 0.15) is 5.84 Å². The van der Waals surface area contributed by atoms with Crippen LogP contribution in [0.1, 0.15) is 59.3 Å². The Bertz CT molecular complexity index is 276. The van der Waals surface area contributed by atoms with E-state index >= 15 is 0 Å². The Kier molecular flexibility index (Phi) is 5.93. The highest BCUT2D eigenvalue weighted by Gasteiger charge is 2.25. The van der Waals surface area contributed by atoms with Crippen molar-refractivity contribution < 1.29 is 5.21 Å². The molecule has 0 amide bonds. The molecule has 4 N–H and O–H groups in total. The molecule has 2 unspecified atom stereocenters. The molecule has 0 bridgehead atoms. The van der Waals surface area contributed by atoms with Gasteiger partial charge in [-0.05, 0) is 31.7 Å². The molecule has 0 aromatic rings. The Labute approximate surface area is 111 Å². The van der Waals surface area contributed by atoms with Crippen LogP contribution in [0.4, 0.5) is 0 Å². The number of nitrogens with one attached hydrogen (secondary N) is 1. The molecule has 0 spiro atoms. The highest BCUT2D eigenvalue weighted by molar-refractivity contribution is 5.85. The quantitative estimate of drug-likeness (QED) is 0.232. The summed E-state index contributed by atoms with van der Waals surface area (Å²) in [5.41, 5.74) is 5.45. The van der Waals surface area contributed by atoms with Gasteiger partial charge in [-0.2, -0.15) is 0 Å². The van der Waals surface area contributed by atoms with E-state index in [-0.39, 0.29) is 5.41 Å². The summed E-state index contributed by atoms with van der Waals surface area (Å²) in [5, 5.41) is 15.5. The first kappa shape index (κ1) is 15.3. The van der Waals surface area contributed by atoms with E-state index in [0.717, 1.165) is 18.9 Å². The summed E-state index contributed by atoms with van der Waals surface area (Å²) in [6.45, 7) is 7.30. The summed E-state index contributed by atoms with van der Waals surface area (Å²) < 4.78 is 0. The largest absolute Gasteiger partial charge is 0.409 e. The predicted octanol–water partition coefficient (Wildman–Crippen LogP) is 2.71. The van der Waals surface area contributed by atoms with Crippen molar-refractivity contribution >= 4 is 5.84 Å². The highest BCUT2D eigenvalue weighted by Crippen LogP contribution is 2.24. The fraction of sp³-hybridized carbons (Fsp3) is 0.929. The zero-order valence-corrected chi connectivity index (χ0v) is 12.1. The summed E-state index contributed by atoms with van der Waals surface area (Å²) in [6.07, 6.45) is 7.59. The summed E-state index contributed by atoms with van der Waals surface area (Å²) >= 11 is 0. The van der Waals surface area contributed by atoms with Crippen molar-refractivity contribution in [2.24, 2.45) is 22.2 Å². The molecular weight excluding hydrogens is 226 g/mol. The van der Waals surface area contributed by atoms with Gasteiger partial charge in [0, 0.05) is 11.5 Å². The van der Waals surface area contributed by atoms with Crippen molar-refractivity contribution in [3.8, 4) is 0 Å². The summed E-state index contributed by atoms with van der Waals surface area (Å²) in [5.74, 6) is 1.08. The Balaban J connectivity index is 2.36. The first-order chi connectivity index (χ1) is 8.47. The second-order valence-corrected chi connectivity index (χ2v) is 6.30. The van der Waals surface area contributed by atoms with Crippen LogP contribution >= 0.6 is 0 Å². The number of rotatable bonds is 5. The van der Waals surface area contributed by atoms with Crippen LogP contribution < -0.4 is 11.1 Å². The van der Waals surface area contributed by atoms with Gasteiger partial charge in [0.05, 0.1) is 0 Å². The number of nitrogens with zero attached hydrogens (tertiary/aromatic N) is 1. The van der Waals surface area contributed by atoms with Gasteiger partial charge in [-0.25, -0.2) is 0 Å². The molecule has 0 aliphatic heterocycles. The maximum atomic E-state index is 8.74. The van der Waals surface area contributed by atoms with Gasteiger partial charge >= 0.3 is 0 Å². The van der Waals surface area contributed by atoms with Gasteiger partial charge in [0.25, 0.3) is 0 Å². The van der Waals surface area contributed by atoms with Gasteiger partial charge in [-0.3, -0.25) is 0 Å². The third-order valence-corrected chi connectivity index (χ3v) is 4.32. The van der Waals surface area contributed by atoms with E-state index in [2.05, 4.69) is 17.4 Å². The minimum absolute atomic E-state index is 0.240. The van der Waals surface area contributed by atoms with Gasteiger partial charge in [0.2, 0.25) is 0 Å². The van der Waals surface area contributed by atoms with Crippen LogP contribution in [0, 0.1) is 11.3 Å². The van der Waals surface area contributed by atoms with Crippen molar-refractivity contribution in [3.63, 3.8) is 0 Å². The van der Waals surface area contributed by atoms with E-state index in [1.165, 1.54) is 32.1 Å². The molecule has 1 aliphatic rings. The molecule has 2 atom stereocenters. The van der Waals surface area contributed by atoms with Gasteiger partial charge < -0.3 is 16.3 Å². The maximum absolute atomic E-state index is 8.74. The standard InChI is InChI=1S/C14H29N3O/c1-11-7-5-4-6-8-12(11)16-10-9-14(2,3)13(15)17-18/h11-12,16,18H,4-10H2,1-3H3,(H2,15,17). The number of nitrogens with two attached hydrogens (primary N) is 1. The minimum atomic E-state index is -0.240. The molecule has 18 heavy (non-hydrogen) atoms. The molecule has 0 heterocycles. The smallest absolute Gasteiger partial charge is 0.144 e. The average molecular weight is 255 g/mol. The van der Waals surface area contributed by atoms with E-state index in [4.69, 9.17) is 10.9 Å². The second-order valence-electron chi connectivity index (χ2n) is 6.30. The number of hydrogen-bond acceptors (Lipinski definition) is 3. The molecule has 1 aliphatic carbocycles. The lowest BCUT2D eigenvalue weighted by molar-refractivity contribution is 0.300. The van der Waals surface area contributed by atoms with Crippen LogP contribution in [0.2, 0.25) is 0 Å². The summed E-state index contributed by atoms with van der Waals surface area (Å²) in [6, 6.07) is 0.635. The van der Waals surface area contributed by atoms with E-state index < -0.39 is 0 Å². The first-order valence-corrected chi connectivity index (χ1v) is 7.19. The zero-order valence-electron chi connectivity index (χ0n) is 12.1. The normalized spacial score (nSPS) is 26.9. The van der Waals surface area contributed by atoms with E-state index in [0.29, 0.717) is 11.9 Å². The zero-order chi connectivity index (χ0) is 13.6. The molecule has 1 rings (SSSR count). The van der Waals surface area contributed by atoms with Crippen molar-refractivity contribution in [2.45, 2.75) is 65.3 Å². The fourth-order valence-corrected chi connectivity index (χ4v) is 2.63. The maximum Gasteiger partial charge on any atom is 0.144 e. The van der Waals surface area contributed by atoms with Crippen molar-refractivity contribution in [1.29, 1.82) is 0 Å². The SMILES string of the molecule is CC1CCCCCC1NCCC(C)(C)C(N)=NO. The molecule has 0 radical (unpaired) electrons. The molecule has 4 nitrogen and oxygen atoms in total. The number of hydrogen-bond donors (Lipinski definition) is 3. The molecule has 106 valence electrons. The van der Waals surface area contributed by atoms with Gasteiger partial charge in [-0.1, -0.05) is 45.2 Å². The lowest BCUT2D eigenvalue weighted by atomic mass is 9.87. The Morgan fingerprint density at radius 1 is 1.33 bits per heavy atom. The highest BCUT2D eigenvalue weighted by atomic mass is 16.4. The lowest BCUT2D eigenvalue weighted by Gasteiger charge is -2.27. The van der Waals surface area contributed by atoms with Crippen LogP contribution in [0.5, 0.6) is 0 Å². The molecule has 1 saturated carbocycles. The Morgan fingerprint density at radius 3 is 2.67 bits per heavy atom. The lowest BCUT2D eigenvalue weighted by Crippen LogP contribution is -2.39. The van der Waals surface area contributed by atoms with Crippen molar-refractivity contribution in [1.82, 2.24) is 5.32 Å². The third kappa shape index (κ3) is 4.48. The molecule has 0 saturated heterocycles. The molecule has 1 fully saturated rings. The summed E-state index contributed by atoms with van der Waals surface area (Å²) in [7, 11) is 0. The van der Waals surface area contributed by atoms with Crippen molar-refractivity contribution in [2.75, 3.05) is 6.54 Å². The van der Waals surface area contributed by atoms with Crippen LogP contribution in [0.15, 0.2) is 5.16 Å². The molecular formula is C14H29N3O. The first-order valence-electron chi connectivity index (χ1n) is 7.19. The van der Waals surface area contributed by atoms with E-state index in [1.807, 2.05) is 13.8 Å².